The zero-order chi connectivity index (χ0) is 18.0. The number of hydrogen-bond acceptors (Lipinski definition) is 0. The van der Waals surface area contributed by atoms with Gasteiger partial charge in [-0.25, -0.2) is 0 Å². The fourth-order valence-electron chi connectivity index (χ4n) is 3.02. The van der Waals surface area contributed by atoms with Crippen LogP contribution in [0.2, 0.25) is 0 Å². The van der Waals surface area contributed by atoms with Gasteiger partial charge >= 0.3 is 0 Å². The molecule has 0 nitrogen and oxygen atoms in total. The van der Waals surface area contributed by atoms with E-state index in [4.69, 9.17) is 0 Å². The van der Waals surface area contributed by atoms with Gasteiger partial charge in [-0.15, -0.1) is 0 Å². The molecule has 3 rings (SSSR count). The molecular formula is C25H22. The highest BCUT2D eigenvalue weighted by atomic mass is 14.1. The smallest absolute Gasteiger partial charge is 0.00990 e. The van der Waals surface area contributed by atoms with Gasteiger partial charge in [0.2, 0.25) is 0 Å². The summed E-state index contributed by atoms with van der Waals surface area (Å²) in [5.74, 6) is 0. The normalized spacial score (nSPS) is 12.1. The predicted octanol–water partition coefficient (Wildman–Crippen LogP) is 5.43. The van der Waals surface area contributed by atoms with Gasteiger partial charge in [-0.1, -0.05) is 92.6 Å². The summed E-state index contributed by atoms with van der Waals surface area (Å²) in [6, 6.07) is 16.8. The maximum atomic E-state index is 4.35. The van der Waals surface area contributed by atoms with Crippen molar-refractivity contribution < 1.29 is 0 Å². The maximum Gasteiger partial charge on any atom is -0.00990 e. The molecule has 0 N–H and O–H groups in total. The minimum absolute atomic E-state index is 0.875. The van der Waals surface area contributed by atoms with E-state index in [0.29, 0.717) is 0 Å². The summed E-state index contributed by atoms with van der Waals surface area (Å²) in [6.07, 6.45) is 5.99. The summed E-state index contributed by atoms with van der Waals surface area (Å²) < 4.78 is 0. The predicted molar refractivity (Wildman–Crippen MR) is 113 cm³/mol. The SMILES string of the molecule is C=C(C)/C=C\C(=C)C(=C)/C=c1\c(=C)c2ccccc2c2ccccc12. The van der Waals surface area contributed by atoms with Crippen molar-refractivity contribution in [2.24, 2.45) is 0 Å². The molecule has 0 amide bonds. The molecule has 0 heteroatoms. The average Bonchev–Trinajstić information content (AvgIpc) is 2.63. The van der Waals surface area contributed by atoms with E-state index in [9.17, 15) is 0 Å². The molecule has 0 saturated carbocycles. The number of rotatable bonds is 4. The standard InChI is InChI=1S/C25H22/c1-17(2)14-15-18(3)19(4)16-25-20(5)21-10-6-7-11-22(21)23-12-8-9-13-24(23)25/h6-16H,1,3-5H2,2H3/b15-14-,25-16+. The van der Waals surface area contributed by atoms with E-state index in [1.807, 2.05) is 19.1 Å². The number of allylic oxidation sites excluding steroid dienone is 5. The van der Waals surface area contributed by atoms with Gasteiger partial charge in [0.25, 0.3) is 0 Å². The zero-order valence-electron chi connectivity index (χ0n) is 14.7. The Morgan fingerprint density at radius 1 is 0.720 bits per heavy atom. The van der Waals surface area contributed by atoms with Crippen LogP contribution in [0.5, 0.6) is 0 Å². The van der Waals surface area contributed by atoms with E-state index >= 15 is 0 Å². The Balaban J connectivity index is 2.30. The molecule has 122 valence electrons. The van der Waals surface area contributed by atoms with Crippen molar-refractivity contribution in [3.63, 3.8) is 0 Å². The highest BCUT2D eigenvalue weighted by Gasteiger charge is 2.04. The minimum atomic E-state index is 0.875. The van der Waals surface area contributed by atoms with Gasteiger partial charge in [0.05, 0.1) is 0 Å². The van der Waals surface area contributed by atoms with Crippen LogP contribution in [0, 0.1) is 0 Å². The molecule has 0 aromatic heterocycles. The second kappa shape index (κ2) is 6.78. The highest BCUT2D eigenvalue weighted by molar-refractivity contribution is 6.08. The summed E-state index contributed by atoms with van der Waals surface area (Å²) in [5.41, 5.74) is 2.74. The van der Waals surface area contributed by atoms with Crippen molar-refractivity contribution in [1.29, 1.82) is 0 Å². The molecule has 0 heterocycles. The highest BCUT2D eigenvalue weighted by Crippen LogP contribution is 2.20. The Hall–Kier alpha value is -3.12. The Kier molecular flexibility index (Phi) is 4.54. The van der Waals surface area contributed by atoms with Crippen molar-refractivity contribution in [3.8, 4) is 0 Å². The third-order valence-electron chi connectivity index (χ3n) is 4.38. The molecule has 25 heavy (non-hydrogen) atoms. The van der Waals surface area contributed by atoms with Crippen molar-refractivity contribution in [1.82, 2.24) is 0 Å². The van der Waals surface area contributed by atoms with Gasteiger partial charge in [-0.2, -0.15) is 0 Å². The third kappa shape index (κ3) is 3.25. The van der Waals surface area contributed by atoms with Crippen LogP contribution < -0.4 is 10.4 Å². The fraction of sp³-hybridized carbons (Fsp3) is 0.0400. The first-order valence-corrected chi connectivity index (χ1v) is 8.31. The van der Waals surface area contributed by atoms with Gasteiger partial charge in [0.15, 0.2) is 0 Å². The second-order valence-electron chi connectivity index (χ2n) is 6.36. The van der Waals surface area contributed by atoms with Crippen LogP contribution >= 0.6 is 0 Å². The van der Waals surface area contributed by atoms with Crippen LogP contribution in [-0.2, 0) is 0 Å². The van der Waals surface area contributed by atoms with Crippen LogP contribution in [0.3, 0.4) is 0 Å². The maximum absolute atomic E-state index is 4.35. The van der Waals surface area contributed by atoms with E-state index in [2.05, 4.69) is 80.9 Å². The van der Waals surface area contributed by atoms with Crippen molar-refractivity contribution in [2.45, 2.75) is 6.92 Å². The summed E-state index contributed by atoms with van der Waals surface area (Å²) in [6.45, 7) is 18.5. The topological polar surface area (TPSA) is 0 Å². The third-order valence-corrected chi connectivity index (χ3v) is 4.38. The molecule has 0 atom stereocenters. The Labute approximate surface area is 149 Å². The minimum Gasteiger partial charge on any atom is -0.0961 e. The molecule has 3 aromatic rings. The van der Waals surface area contributed by atoms with Gasteiger partial charge in [0, 0.05) is 0 Å². The molecule has 0 saturated heterocycles. The first-order chi connectivity index (χ1) is 12.0. The molecule has 0 radical (unpaired) electrons. The van der Waals surface area contributed by atoms with Gasteiger partial charge in [0.1, 0.15) is 0 Å². The quantitative estimate of drug-likeness (QED) is 0.444. The summed E-state index contributed by atoms with van der Waals surface area (Å²) in [7, 11) is 0. The summed E-state index contributed by atoms with van der Waals surface area (Å²) in [4.78, 5) is 0. The molecule has 0 aliphatic carbocycles. The Morgan fingerprint density at radius 3 is 1.84 bits per heavy atom. The van der Waals surface area contributed by atoms with Crippen molar-refractivity contribution >= 4 is 34.2 Å². The summed E-state index contributed by atoms with van der Waals surface area (Å²) in [5, 5.41) is 6.93. The Morgan fingerprint density at radius 2 is 1.24 bits per heavy atom. The first kappa shape index (κ1) is 16.7. The summed E-state index contributed by atoms with van der Waals surface area (Å²) >= 11 is 0. The van der Waals surface area contributed by atoms with E-state index in [1.165, 1.54) is 21.5 Å². The van der Waals surface area contributed by atoms with Crippen LogP contribution in [0.1, 0.15) is 6.92 Å². The zero-order valence-corrected chi connectivity index (χ0v) is 14.7. The largest absolute Gasteiger partial charge is 0.0961 e. The van der Waals surface area contributed by atoms with Gasteiger partial charge < -0.3 is 0 Å². The van der Waals surface area contributed by atoms with Gasteiger partial charge in [-0.3, -0.25) is 0 Å². The number of benzene rings is 3. The van der Waals surface area contributed by atoms with Crippen LogP contribution in [0.15, 0.2) is 97.1 Å². The molecule has 0 aliphatic heterocycles. The first-order valence-electron chi connectivity index (χ1n) is 8.31. The fourth-order valence-corrected chi connectivity index (χ4v) is 3.02. The lowest BCUT2D eigenvalue weighted by atomic mass is 9.96. The van der Waals surface area contributed by atoms with Crippen LogP contribution in [-0.4, -0.2) is 0 Å². The Bertz CT molecular complexity index is 1150. The van der Waals surface area contributed by atoms with E-state index < -0.39 is 0 Å². The number of hydrogen-bond donors (Lipinski definition) is 0. The van der Waals surface area contributed by atoms with Crippen LogP contribution in [0.25, 0.3) is 34.2 Å². The lowest BCUT2D eigenvalue weighted by Gasteiger charge is -2.08. The molecule has 0 aliphatic rings. The lowest BCUT2D eigenvalue weighted by Crippen LogP contribution is -2.25. The van der Waals surface area contributed by atoms with E-state index in [0.717, 1.165) is 27.2 Å². The van der Waals surface area contributed by atoms with E-state index in [-0.39, 0.29) is 0 Å². The molecule has 0 spiro atoms. The number of fused-ring (bicyclic) bond motifs is 3. The second-order valence-corrected chi connectivity index (χ2v) is 6.36. The van der Waals surface area contributed by atoms with Crippen LogP contribution in [0.4, 0.5) is 0 Å². The molecule has 0 bridgehead atoms. The van der Waals surface area contributed by atoms with Crippen molar-refractivity contribution in [2.75, 3.05) is 0 Å². The molecular weight excluding hydrogens is 300 g/mol. The molecule has 0 fully saturated rings. The van der Waals surface area contributed by atoms with Crippen molar-refractivity contribution in [3.05, 3.63) is 108 Å². The lowest BCUT2D eigenvalue weighted by molar-refractivity contribution is 1.53. The molecule has 0 unspecified atom stereocenters. The average molecular weight is 322 g/mol. The monoisotopic (exact) mass is 322 g/mol. The molecule has 3 aromatic carbocycles. The van der Waals surface area contributed by atoms with Gasteiger partial charge in [-0.05, 0) is 56.1 Å². The van der Waals surface area contributed by atoms with E-state index in [1.54, 1.807) is 0 Å².